The molecule has 1 aliphatic carbocycles. The molecule has 1 N–H and O–H groups in total. The van der Waals surface area contributed by atoms with E-state index in [0.29, 0.717) is 12.3 Å². The molecule has 2 saturated heterocycles. The average Bonchev–Trinajstić information content (AvgIpc) is 3.56. The Morgan fingerprint density at radius 3 is 2.54 bits per heavy atom. The van der Waals surface area contributed by atoms with Gasteiger partial charge in [-0.1, -0.05) is 12.1 Å². The summed E-state index contributed by atoms with van der Waals surface area (Å²) in [5.41, 5.74) is 5.28. The normalized spacial score (nSPS) is 19.7. The van der Waals surface area contributed by atoms with E-state index in [4.69, 9.17) is 5.10 Å². The van der Waals surface area contributed by atoms with E-state index in [9.17, 15) is 9.90 Å². The van der Waals surface area contributed by atoms with E-state index in [2.05, 4.69) is 53.4 Å². The van der Waals surface area contributed by atoms with Gasteiger partial charge in [0.1, 0.15) is 11.4 Å². The molecular weight excluding hydrogens is 508 g/mol. The van der Waals surface area contributed by atoms with Crippen LogP contribution in [-0.2, 0) is 24.9 Å². The van der Waals surface area contributed by atoms with Crippen LogP contribution in [0.1, 0.15) is 39.3 Å². The molecule has 0 atom stereocenters. The number of phenols is 1. The molecule has 0 spiro atoms. The predicted octanol–water partition coefficient (Wildman–Crippen LogP) is 3.36. The maximum absolute atomic E-state index is 13.9. The van der Waals surface area contributed by atoms with Crippen LogP contribution in [0.15, 0.2) is 35.7 Å². The molecule has 2 aromatic heterocycles. The lowest BCUT2D eigenvalue weighted by atomic mass is 9.79. The van der Waals surface area contributed by atoms with Crippen LogP contribution in [0.25, 0.3) is 11.3 Å². The summed E-state index contributed by atoms with van der Waals surface area (Å²) in [5.74, 6) is 0.467. The van der Waals surface area contributed by atoms with E-state index in [1.54, 1.807) is 17.4 Å². The summed E-state index contributed by atoms with van der Waals surface area (Å²) in [6.07, 6.45) is 3.86. The van der Waals surface area contributed by atoms with E-state index >= 15 is 0 Å². The Morgan fingerprint density at radius 2 is 1.82 bits per heavy atom. The highest BCUT2D eigenvalue weighted by Gasteiger charge is 2.39. The van der Waals surface area contributed by atoms with Gasteiger partial charge in [-0.15, -0.1) is 11.3 Å². The van der Waals surface area contributed by atoms with Crippen molar-refractivity contribution in [1.29, 1.82) is 0 Å². The Labute approximate surface area is 235 Å². The lowest BCUT2D eigenvalue weighted by Crippen LogP contribution is -2.51. The van der Waals surface area contributed by atoms with Gasteiger partial charge in [-0.2, -0.15) is 5.10 Å². The third kappa shape index (κ3) is 4.90. The molecule has 1 amide bonds. The Hall–Kier alpha value is -2.72. The first kappa shape index (κ1) is 26.5. The van der Waals surface area contributed by atoms with Crippen LogP contribution in [0, 0.1) is 0 Å². The van der Waals surface area contributed by atoms with Gasteiger partial charge in [-0.05, 0) is 76.0 Å². The zero-order chi connectivity index (χ0) is 27.1. The largest absolute Gasteiger partial charge is 0.508 e. The van der Waals surface area contributed by atoms with E-state index < -0.39 is 0 Å². The minimum atomic E-state index is -0.0854. The summed E-state index contributed by atoms with van der Waals surface area (Å²) in [6, 6.07) is 9.91. The molecule has 9 heteroatoms. The second kappa shape index (κ2) is 10.7. The highest BCUT2D eigenvalue weighted by molar-refractivity contribution is 7.10. The smallest absolute Gasteiger partial charge is 0.272 e. The Kier molecular flexibility index (Phi) is 7.26. The number of aryl methyl sites for hydroxylation is 1. The summed E-state index contributed by atoms with van der Waals surface area (Å²) in [5, 5.41) is 17.4. The van der Waals surface area contributed by atoms with Crippen molar-refractivity contribution in [3.05, 3.63) is 57.4 Å². The third-order valence-electron chi connectivity index (χ3n) is 9.20. The molecule has 0 unspecified atom stereocenters. The SMILES string of the molecule is CN1CCN(C(=O)c2c3c(nn2CCN2CCC(c4cccc(O)c4)(N(C)C)CC2)-c2ccsc2CC3)CC1. The van der Waals surface area contributed by atoms with Gasteiger partial charge in [0, 0.05) is 67.4 Å². The standard InChI is InChI=1S/C30H40N6O2S/c1-32(2)30(22-5-4-6-23(37)21-22)10-12-34(13-11-30)16-19-36-28(29(38)35-17-14-33(3)15-18-35)25-7-8-26-24(9-20-39-26)27(25)31-36/h4-6,9,20-21,37H,7-8,10-19H2,1-3H3. The molecule has 0 bridgehead atoms. The number of carbonyl (C=O) groups is 1. The monoisotopic (exact) mass is 548 g/mol. The lowest BCUT2D eigenvalue weighted by molar-refractivity contribution is 0.0514. The van der Waals surface area contributed by atoms with Gasteiger partial charge in [-0.3, -0.25) is 14.4 Å². The number of aromatic nitrogens is 2. The number of amides is 1. The van der Waals surface area contributed by atoms with Gasteiger partial charge in [0.25, 0.3) is 5.91 Å². The number of likely N-dealkylation sites (tertiary alicyclic amines) is 1. The minimum Gasteiger partial charge on any atom is -0.508 e. The van der Waals surface area contributed by atoms with Crippen LogP contribution in [0.4, 0.5) is 0 Å². The van der Waals surface area contributed by atoms with Crippen molar-refractivity contribution in [3.8, 4) is 17.0 Å². The maximum atomic E-state index is 13.9. The van der Waals surface area contributed by atoms with Crippen molar-refractivity contribution in [2.24, 2.45) is 0 Å². The summed E-state index contributed by atoms with van der Waals surface area (Å²) in [4.78, 5) is 24.4. The van der Waals surface area contributed by atoms with Gasteiger partial charge in [0.2, 0.25) is 0 Å². The number of nitrogens with zero attached hydrogens (tertiary/aromatic N) is 6. The number of fused-ring (bicyclic) bond motifs is 3. The van der Waals surface area contributed by atoms with Crippen LogP contribution in [0.5, 0.6) is 5.75 Å². The number of phenolic OH excluding ortho intramolecular Hbond substituents is 1. The molecular formula is C30H40N6O2S. The Bertz CT molecular complexity index is 1330. The lowest BCUT2D eigenvalue weighted by Gasteiger charge is -2.46. The number of rotatable bonds is 6. The van der Waals surface area contributed by atoms with Crippen LogP contribution in [0.2, 0.25) is 0 Å². The molecule has 0 radical (unpaired) electrons. The number of piperazine rings is 1. The van der Waals surface area contributed by atoms with Crippen LogP contribution >= 0.6 is 11.3 Å². The summed E-state index contributed by atoms with van der Waals surface area (Å²) in [6.45, 7) is 6.87. The number of carbonyl (C=O) groups excluding carboxylic acids is 1. The van der Waals surface area contributed by atoms with Crippen LogP contribution in [-0.4, -0.2) is 107 Å². The molecule has 2 aliphatic heterocycles. The molecule has 3 aromatic rings. The summed E-state index contributed by atoms with van der Waals surface area (Å²) < 4.78 is 2.03. The maximum Gasteiger partial charge on any atom is 0.272 e. The van der Waals surface area contributed by atoms with E-state index in [0.717, 1.165) is 88.4 Å². The second-order valence-electron chi connectivity index (χ2n) is 11.6. The molecule has 4 heterocycles. The molecule has 8 nitrogen and oxygen atoms in total. The molecule has 2 fully saturated rings. The summed E-state index contributed by atoms with van der Waals surface area (Å²) >= 11 is 1.80. The van der Waals surface area contributed by atoms with Gasteiger partial charge in [0.15, 0.2) is 0 Å². The second-order valence-corrected chi connectivity index (χ2v) is 12.6. The zero-order valence-electron chi connectivity index (χ0n) is 23.4. The fourth-order valence-electron chi connectivity index (χ4n) is 6.67. The molecule has 208 valence electrons. The van der Waals surface area contributed by atoms with Crippen molar-refractivity contribution in [1.82, 2.24) is 29.4 Å². The van der Waals surface area contributed by atoms with Crippen LogP contribution in [0.3, 0.4) is 0 Å². The number of hydrogen-bond donors (Lipinski definition) is 1. The van der Waals surface area contributed by atoms with Crippen molar-refractivity contribution in [3.63, 3.8) is 0 Å². The van der Waals surface area contributed by atoms with E-state index in [1.165, 1.54) is 16.0 Å². The zero-order valence-corrected chi connectivity index (χ0v) is 24.2. The number of benzene rings is 1. The fraction of sp³-hybridized carbons (Fsp3) is 0.533. The van der Waals surface area contributed by atoms with Crippen molar-refractivity contribution in [2.75, 3.05) is 67.0 Å². The number of piperidine rings is 1. The minimum absolute atomic E-state index is 0.0854. The number of thiophene rings is 1. The van der Waals surface area contributed by atoms with Crippen molar-refractivity contribution >= 4 is 17.2 Å². The first-order valence-electron chi connectivity index (χ1n) is 14.2. The average molecular weight is 549 g/mol. The number of likely N-dealkylation sites (N-methyl/N-ethyl adjacent to an activating group) is 1. The fourth-order valence-corrected chi connectivity index (χ4v) is 7.55. The number of hydrogen-bond acceptors (Lipinski definition) is 7. The van der Waals surface area contributed by atoms with E-state index in [1.807, 2.05) is 21.7 Å². The Balaban J connectivity index is 1.21. The first-order valence-corrected chi connectivity index (χ1v) is 15.1. The predicted molar refractivity (Wildman–Crippen MR) is 155 cm³/mol. The third-order valence-corrected chi connectivity index (χ3v) is 10.2. The Morgan fingerprint density at radius 1 is 1.05 bits per heavy atom. The molecule has 0 saturated carbocycles. The number of aromatic hydroxyl groups is 1. The van der Waals surface area contributed by atoms with Gasteiger partial charge >= 0.3 is 0 Å². The van der Waals surface area contributed by atoms with E-state index in [-0.39, 0.29) is 11.4 Å². The van der Waals surface area contributed by atoms with Crippen molar-refractivity contribution in [2.45, 2.75) is 37.8 Å². The van der Waals surface area contributed by atoms with Gasteiger partial charge in [-0.25, -0.2) is 0 Å². The highest BCUT2D eigenvalue weighted by atomic mass is 32.1. The molecule has 3 aliphatic rings. The van der Waals surface area contributed by atoms with Crippen molar-refractivity contribution < 1.29 is 9.90 Å². The highest BCUT2D eigenvalue weighted by Crippen LogP contribution is 2.40. The van der Waals surface area contributed by atoms with Crippen LogP contribution < -0.4 is 0 Å². The van der Waals surface area contributed by atoms with Gasteiger partial charge < -0.3 is 19.8 Å². The molecule has 39 heavy (non-hydrogen) atoms. The first-order chi connectivity index (χ1) is 18.9. The molecule has 6 rings (SSSR count). The summed E-state index contributed by atoms with van der Waals surface area (Å²) in [7, 11) is 6.40. The van der Waals surface area contributed by atoms with Gasteiger partial charge in [0.05, 0.1) is 12.2 Å². The quantitative estimate of drug-likeness (QED) is 0.510. The topological polar surface area (TPSA) is 68.1 Å². The molecule has 1 aromatic carbocycles.